The van der Waals surface area contributed by atoms with Crippen LogP contribution >= 0.6 is 0 Å². The lowest BCUT2D eigenvalue weighted by molar-refractivity contribution is 0.249. The maximum atomic E-state index is 11.9. The number of aliphatic hydroxyl groups excluding tert-OH is 1. The lowest BCUT2D eigenvalue weighted by Gasteiger charge is -2.37. The molecule has 0 radical (unpaired) electrons. The van der Waals surface area contributed by atoms with Gasteiger partial charge in [-0.2, -0.15) is 0 Å². The Bertz CT molecular complexity index is 730. The SMILES string of the molecule is O=c1c(NCCCO)c(N2CCN(Cc3ccccc3)CC2)c1=O. The summed E-state index contributed by atoms with van der Waals surface area (Å²) in [5.74, 6) is 0. The number of aliphatic hydroxyl groups is 1. The molecule has 2 N–H and O–H groups in total. The van der Waals surface area contributed by atoms with E-state index in [4.69, 9.17) is 5.11 Å². The summed E-state index contributed by atoms with van der Waals surface area (Å²) < 4.78 is 0. The first-order chi connectivity index (χ1) is 11.7. The first-order valence-electron chi connectivity index (χ1n) is 8.40. The molecular formula is C18H23N3O3. The Kier molecular flexibility index (Phi) is 5.27. The summed E-state index contributed by atoms with van der Waals surface area (Å²) in [4.78, 5) is 28.0. The second kappa shape index (κ2) is 7.59. The molecule has 0 aliphatic carbocycles. The fourth-order valence-electron chi connectivity index (χ4n) is 3.11. The van der Waals surface area contributed by atoms with Crippen molar-refractivity contribution < 1.29 is 5.11 Å². The van der Waals surface area contributed by atoms with Gasteiger partial charge in [0.25, 0.3) is 10.9 Å². The van der Waals surface area contributed by atoms with Crippen molar-refractivity contribution in [3.8, 4) is 0 Å². The first kappa shape index (κ1) is 16.7. The molecule has 0 spiro atoms. The van der Waals surface area contributed by atoms with Crippen molar-refractivity contribution in [1.29, 1.82) is 0 Å². The quantitative estimate of drug-likeness (QED) is 0.566. The highest BCUT2D eigenvalue weighted by Crippen LogP contribution is 2.22. The molecule has 24 heavy (non-hydrogen) atoms. The van der Waals surface area contributed by atoms with Gasteiger partial charge in [0, 0.05) is 45.9 Å². The average Bonchev–Trinajstić information content (AvgIpc) is 2.62. The summed E-state index contributed by atoms with van der Waals surface area (Å²) in [6.07, 6.45) is 0.559. The number of anilines is 2. The van der Waals surface area contributed by atoms with Crippen molar-refractivity contribution in [3.05, 3.63) is 56.3 Å². The van der Waals surface area contributed by atoms with Crippen LogP contribution in [0.15, 0.2) is 39.9 Å². The van der Waals surface area contributed by atoms with Crippen LogP contribution in [-0.2, 0) is 6.54 Å². The minimum atomic E-state index is -0.436. The highest BCUT2D eigenvalue weighted by Gasteiger charge is 2.28. The van der Waals surface area contributed by atoms with Gasteiger partial charge in [0.2, 0.25) is 0 Å². The zero-order valence-corrected chi connectivity index (χ0v) is 13.7. The Morgan fingerprint density at radius 1 is 1.00 bits per heavy atom. The molecule has 0 atom stereocenters. The molecule has 1 heterocycles. The standard InChI is InChI=1S/C18H23N3O3/c22-12-4-7-19-15-16(18(24)17(15)23)21-10-8-20(9-11-21)13-14-5-2-1-3-6-14/h1-3,5-6,19,22H,4,7-13H2. The molecular weight excluding hydrogens is 306 g/mol. The van der Waals surface area contributed by atoms with E-state index >= 15 is 0 Å². The number of nitrogens with one attached hydrogen (secondary N) is 1. The number of nitrogens with zero attached hydrogens (tertiary/aromatic N) is 2. The second-order valence-electron chi connectivity index (χ2n) is 6.13. The second-order valence-corrected chi connectivity index (χ2v) is 6.13. The van der Waals surface area contributed by atoms with Gasteiger partial charge in [-0.25, -0.2) is 0 Å². The van der Waals surface area contributed by atoms with E-state index in [1.165, 1.54) is 5.56 Å². The van der Waals surface area contributed by atoms with Crippen LogP contribution in [0.1, 0.15) is 12.0 Å². The Balaban J connectivity index is 1.58. The zero-order valence-electron chi connectivity index (χ0n) is 13.7. The van der Waals surface area contributed by atoms with Crippen LogP contribution in [0.4, 0.5) is 11.4 Å². The van der Waals surface area contributed by atoms with E-state index in [2.05, 4.69) is 22.3 Å². The lowest BCUT2D eigenvalue weighted by Crippen LogP contribution is -2.51. The van der Waals surface area contributed by atoms with Crippen molar-refractivity contribution in [2.75, 3.05) is 49.5 Å². The summed E-state index contributed by atoms with van der Waals surface area (Å²) in [6, 6.07) is 10.3. The lowest BCUT2D eigenvalue weighted by atomic mass is 10.1. The van der Waals surface area contributed by atoms with Gasteiger partial charge >= 0.3 is 0 Å². The third kappa shape index (κ3) is 3.49. The highest BCUT2D eigenvalue weighted by molar-refractivity contribution is 5.75. The Morgan fingerprint density at radius 3 is 2.38 bits per heavy atom. The molecule has 0 saturated carbocycles. The molecule has 6 nitrogen and oxygen atoms in total. The van der Waals surface area contributed by atoms with Crippen LogP contribution in [0.2, 0.25) is 0 Å². The topological polar surface area (TPSA) is 72.9 Å². The number of hydrogen-bond acceptors (Lipinski definition) is 6. The third-order valence-electron chi connectivity index (χ3n) is 4.46. The predicted molar refractivity (Wildman–Crippen MR) is 95.5 cm³/mol. The molecule has 1 saturated heterocycles. The first-order valence-corrected chi connectivity index (χ1v) is 8.40. The predicted octanol–water partition coefficient (Wildman–Crippen LogP) is 0.399. The summed E-state index contributed by atoms with van der Waals surface area (Å²) in [5.41, 5.74) is 1.40. The van der Waals surface area contributed by atoms with Crippen LogP contribution in [0.25, 0.3) is 0 Å². The Morgan fingerprint density at radius 2 is 1.71 bits per heavy atom. The molecule has 0 aromatic heterocycles. The van der Waals surface area contributed by atoms with Crippen molar-refractivity contribution in [3.63, 3.8) is 0 Å². The molecule has 1 aliphatic heterocycles. The van der Waals surface area contributed by atoms with Gasteiger partial charge in [0.1, 0.15) is 11.4 Å². The molecule has 2 aromatic rings. The summed E-state index contributed by atoms with van der Waals surface area (Å²) in [5, 5.41) is 11.8. The molecule has 6 heteroatoms. The maximum Gasteiger partial charge on any atom is 0.253 e. The number of piperazine rings is 1. The monoisotopic (exact) mass is 329 g/mol. The number of rotatable bonds is 7. The van der Waals surface area contributed by atoms with E-state index in [1.54, 1.807) is 0 Å². The van der Waals surface area contributed by atoms with Gasteiger partial charge in [-0.3, -0.25) is 14.5 Å². The number of benzene rings is 1. The van der Waals surface area contributed by atoms with Crippen molar-refractivity contribution in [2.45, 2.75) is 13.0 Å². The maximum absolute atomic E-state index is 11.9. The van der Waals surface area contributed by atoms with Gasteiger partial charge in [-0.1, -0.05) is 30.3 Å². The molecule has 2 aromatic carbocycles. The van der Waals surface area contributed by atoms with Gasteiger partial charge in [0.15, 0.2) is 0 Å². The van der Waals surface area contributed by atoms with Crippen molar-refractivity contribution in [2.24, 2.45) is 0 Å². The minimum absolute atomic E-state index is 0.0654. The minimum Gasteiger partial charge on any atom is -0.396 e. The van der Waals surface area contributed by atoms with E-state index in [-0.39, 0.29) is 6.61 Å². The average molecular weight is 329 g/mol. The summed E-state index contributed by atoms with van der Waals surface area (Å²) >= 11 is 0. The van der Waals surface area contributed by atoms with Crippen LogP contribution in [-0.4, -0.2) is 49.3 Å². The van der Waals surface area contributed by atoms with E-state index < -0.39 is 10.9 Å². The molecule has 0 unspecified atom stereocenters. The van der Waals surface area contributed by atoms with Crippen molar-refractivity contribution in [1.82, 2.24) is 4.90 Å². The number of hydrogen-bond donors (Lipinski definition) is 2. The van der Waals surface area contributed by atoms with Gasteiger partial charge < -0.3 is 15.3 Å². The summed E-state index contributed by atoms with van der Waals surface area (Å²) in [6.45, 7) is 4.69. The van der Waals surface area contributed by atoms with Gasteiger partial charge in [0.05, 0.1) is 0 Å². The van der Waals surface area contributed by atoms with E-state index in [0.717, 1.165) is 32.7 Å². The fourth-order valence-corrected chi connectivity index (χ4v) is 3.11. The Hall–Kier alpha value is -2.18. The Labute approximate surface area is 141 Å². The largest absolute Gasteiger partial charge is 0.396 e. The molecule has 3 rings (SSSR count). The summed E-state index contributed by atoms with van der Waals surface area (Å²) in [7, 11) is 0. The highest BCUT2D eigenvalue weighted by atomic mass is 16.3. The van der Waals surface area contributed by atoms with Gasteiger partial charge in [-0.05, 0) is 12.0 Å². The van der Waals surface area contributed by atoms with Crippen LogP contribution in [0.5, 0.6) is 0 Å². The van der Waals surface area contributed by atoms with E-state index in [9.17, 15) is 9.59 Å². The smallest absolute Gasteiger partial charge is 0.253 e. The zero-order chi connectivity index (χ0) is 16.9. The van der Waals surface area contributed by atoms with Crippen LogP contribution < -0.4 is 21.1 Å². The third-order valence-corrected chi connectivity index (χ3v) is 4.46. The van der Waals surface area contributed by atoms with Crippen LogP contribution in [0.3, 0.4) is 0 Å². The van der Waals surface area contributed by atoms with Gasteiger partial charge in [-0.15, -0.1) is 0 Å². The van der Waals surface area contributed by atoms with E-state index in [0.29, 0.717) is 24.3 Å². The molecule has 0 bridgehead atoms. The van der Waals surface area contributed by atoms with Crippen molar-refractivity contribution >= 4 is 11.4 Å². The molecule has 0 amide bonds. The normalized spacial score (nSPS) is 15.8. The molecule has 128 valence electrons. The molecule has 1 fully saturated rings. The molecule has 1 aliphatic rings. The van der Waals surface area contributed by atoms with Crippen LogP contribution in [0, 0.1) is 0 Å². The van der Waals surface area contributed by atoms with E-state index in [1.807, 2.05) is 23.1 Å². The fraction of sp³-hybridized carbons (Fsp3) is 0.444.